The number of amides is 1. The van der Waals surface area contributed by atoms with E-state index < -0.39 is 6.10 Å². The van der Waals surface area contributed by atoms with Gasteiger partial charge in [-0.15, -0.1) is 0 Å². The molecular weight excluding hydrogens is 386 g/mol. The van der Waals surface area contributed by atoms with Crippen molar-refractivity contribution in [3.8, 4) is 34.3 Å². The number of carbonyl (C=O) groups is 1. The fourth-order valence-electron chi connectivity index (χ4n) is 3.25. The molecule has 1 unspecified atom stereocenters. The molecule has 0 radical (unpaired) electrons. The molecule has 8 nitrogen and oxygen atoms in total. The number of hydrogen-bond acceptors (Lipinski definition) is 6. The summed E-state index contributed by atoms with van der Waals surface area (Å²) in [7, 11) is 3.42. The molecule has 1 atom stereocenters. The molecule has 0 spiro atoms. The topological polar surface area (TPSA) is 83.8 Å². The highest BCUT2D eigenvalue weighted by Crippen LogP contribution is 2.35. The second-order valence-corrected chi connectivity index (χ2v) is 6.94. The number of carbonyl (C=O) groups excluding carboxylic acids is 1. The Morgan fingerprint density at radius 2 is 1.83 bits per heavy atom. The molecule has 1 aliphatic heterocycles. The van der Waals surface area contributed by atoms with Crippen molar-refractivity contribution in [3.63, 3.8) is 0 Å². The number of nitrogens with zero attached hydrogens (tertiary/aromatic N) is 2. The van der Waals surface area contributed by atoms with Crippen LogP contribution in [0.2, 0.25) is 0 Å². The van der Waals surface area contributed by atoms with E-state index >= 15 is 0 Å². The molecule has 0 saturated heterocycles. The van der Waals surface area contributed by atoms with Crippen molar-refractivity contribution in [3.05, 3.63) is 48.0 Å². The van der Waals surface area contributed by atoms with Crippen molar-refractivity contribution in [2.75, 3.05) is 19.2 Å². The molecule has 2 aromatic carbocycles. The van der Waals surface area contributed by atoms with Gasteiger partial charge in [0.25, 0.3) is 5.91 Å². The molecule has 156 valence electrons. The van der Waals surface area contributed by atoms with E-state index in [2.05, 4.69) is 10.4 Å². The summed E-state index contributed by atoms with van der Waals surface area (Å²) < 4.78 is 23.3. The van der Waals surface area contributed by atoms with E-state index in [-0.39, 0.29) is 12.7 Å². The smallest absolute Gasteiger partial charge is 0.266 e. The molecule has 8 heteroatoms. The van der Waals surface area contributed by atoms with Crippen LogP contribution in [0.5, 0.6) is 23.0 Å². The maximum atomic E-state index is 12.7. The maximum Gasteiger partial charge on any atom is 0.266 e. The second-order valence-electron chi connectivity index (χ2n) is 6.94. The van der Waals surface area contributed by atoms with Crippen LogP contribution in [0, 0.1) is 6.92 Å². The third-order valence-corrected chi connectivity index (χ3v) is 4.92. The van der Waals surface area contributed by atoms with Crippen LogP contribution in [0.3, 0.4) is 0 Å². The summed E-state index contributed by atoms with van der Waals surface area (Å²) in [5, 5.41) is 7.48. The van der Waals surface area contributed by atoms with Crippen LogP contribution in [0.4, 0.5) is 5.82 Å². The largest absolute Gasteiger partial charge is 0.497 e. The van der Waals surface area contributed by atoms with Crippen LogP contribution in [-0.2, 0) is 11.8 Å². The van der Waals surface area contributed by atoms with Gasteiger partial charge in [-0.3, -0.25) is 9.48 Å². The summed E-state index contributed by atoms with van der Waals surface area (Å²) in [6.07, 6.45) is -0.718. The molecule has 3 aromatic rings. The number of ether oxygens (including phenoxy) is 4. The fourth-order valence-corrected chi connectivity index (χ4v) is 3.25. The molecule has 1 N–H and O–H groups in total. The molecular formula is C22H23N3O5. The minimum Gasteiger partial charge on any atom is -0.497 e. The zero-order chi connectivity index (χ0) is 21.3. The van der Waals surface area contributed by atoms with Gasteiger partial charge in [-0.25, -0.2) is 0 Å². The molecule has 1 aliphatic rings. The van der Waals surface area contributed by atoms with Gasteiger partial charge in [0, 0.05) is 24.2 Å². The quantitative estimate of drug-likeness (QED) is 0.671. The molecule has 4 rings (SSSR count). The van der Waals surface area contributed by atoms with E-state index in [1.54, 1.807) is 44.0 Å². The van der Waals surface area contributed by atoms with Crippen LogP contribution in [0.15, 0.2) is 42.5 Å². The Balaban J connectivity index is 1.48. The Labute approximate surface area is 174 Å². The highest BCUT2D eigenvalue weighted by molar-refractivity contribution is 5.94. The lowest BCUT2D eigenvalue weighted by Crippen LogP contribution is -2.31. The minimum absolute atomic E-state index is 0.186. The number of methoxy groups -OCH3 is 1. The zero-order valence-electron chi connectivity index (χ0n) is 17.3. The Bertz CT molecular complexity index is 1080. The molecule has 0 bridgehead atoms. The molecule has 1 amide bonds. The summed E-state index contributed by atoms with van der Waals surface area (Å²) in [6, 6.07) is 12.8. The number of nitrogens with one attached hydrogen (secondary N) is 1. The van der Waals surface area contributed by atoms with Crippen molar-refractivity contribution in [2.45, 2.75) is 20.0 Å². The van der Waals surface area contributed by atoms with E-state index in [1.165, 1.54) is 0 Å². The van der Waals surface area contributed by atoms with Crippen molar-refractivity contribution in [1.29, 1.82) is 0 Å². The Kier molecular flexibility index (Phi) is 5.22. The number of rotatable bonds is 6. The molecule has 0 saturated carbocycles. The summed E-state index contributed by atoms with van der Waals surface area (Å²) in [6.45, 7) is 3.80. The normalized spacial score (nSPS) is 13.1. The number of fused-ring (bicyclic) bond motifs is 1. The van der Waals surface area contributed by atoms with Gasteiger partial charge in [-0.1, -0.05) is 0 Å². The van der Waals surface area contributed by atoms with Crippen LogP contribution in [0.1, 0.15) is 12.5 Å². The Morgan fingerprint density at radius 1 is 1.13 bits per heavy atom. The predicted octanol–water partition coefficient (Wildman–Crippen LogP) is 3.54. The lowest BCUT2D eigenvalue weighted by atomic mass is 10.1. The zero-order valence-corrected chi connectivity index (χ0v) is 17.3. The summed E-state index contributed by atoms with van der Waals surface area (Å²) >= 11 is 0. The first-order chi connectivity index (χ1) is 14.5. The third kappa shape index (κ3) is 3.76. The molecule has 30 heavy (non-hydrogen) atoms. The highest BCUT2D eigenvalue weighted by Gasteiger charge is 2.21. The summed E-state index contributed by atoms with van der Waals surface area (Å²) in [5.41, 5.74) is 2.60. The van der Waals surface area contributed by atoms with Crippen LogP contribution in [-0.4, -0.2) is 35.7 Å². The number of aromatic nitrogens is 2. The van der Waals surface area contributed by atoms with Gasteiger partial charge in [0.05, 0.1) is 12.8 Å². The van der Waals surface area contributed by atoms with E-state index in [9.17, 15) is 4.79 Å². The first-order valence-electron chi connectivity index (χ1n) is 9.51. The molecule has 0 aliphatic carbocycles. The van der Waals surface area contributed by atoms with Crippen molar-refractivity contribution in [2.24, 2.45) is 7.05 Å². The summed E-state index contributed by atoms with van der Waals surface area (Å²) in [4.78, 5) is 12.7. The van der Waals surface area contributed by atoms with Crippen LogP contribution in [0.25, 0.3) is 11.3 Å². The second kappa shape index (κ2) is 7.98. The van der Waals surface area contributed by atoms with E-state index in [0.717, 1.165) is 22.6 Å². The van der Waals surface area contributed by atoms with Gasteiger partial charge < -0.3 is 24.3 Å². The van der Waals surface area contributed by atoms with Gasteiger partial charge in [0.1, 0.15) is 17.3 Å². The third-order valence-electron chi connectivity index (χ3n) is 4.92. The summed E-state index contributed by atoms with van der Waals surface area (Å²) in [5.74, 6) is 2.91. The molecule has 1 aromatic heterocycles. The van der Waals surface area contributed by atoms with E-state index in [4.69, 9.17) is 18.9 Å². The number of anilines is 1. The Morgan fingerprint density at radius 3 is 2.57 bits per heavy atom. The van der Waals surface area contributed by atoms with Crippen molar-refractivity contribution < 1.29 is 23.7 Å². The lowest BCUT2D eigenvalue weighted by molar-refractivity contribution is -0.122. The van der Waals surface area contributed by atoms with Gasteiger partial charge in [0.15, 0.2) is 17.6 Å². The Hall–Kier alpha value is -3.68. The SMILES string of the molecule is COc1ccc(-c2nn(C)c(NC(=O)C(C)Oc3ccc4c(c3)OCO4)c2C)cc1. The van der Waals surface area contributed by atoms with Gasteiger partial charge in [-0.05, 0) is 50.2 Å². The lowest BCUT2D eigenvalue weighted by Gasteiger charge is -2.15. The first-order valence-corrected chi connectivity index (χ1v) is 9.51. The monoisotopic (exact) mass is 409 g/mol. The van der Waals surface area contributed by atoms with Crippen molar-refractivity contribution >= 4 is 11.7 Å². The number of benzene rings is 2. The number of aryl methyl sites for hydroxylation is 1. The maximum absolute atomic E-state index is 12.7. The fraction of sp³-hybridized carbons (Fsp3) is 0.273. The van der Waals surface area contributed by atoms with E-state index in [1.807, 2.05) is 31.2 Å². The highest BCUT2D eigenvalue weighted by atomic mass is 16.7. The predicted molar refractivity (Wildman–Crippen MR) is 111 cm³/mol. The van der Waals surface area contributed by atoms with Gasteiger partial charge >= 0.3 is 0 Å². The van der Waals surface area contributed by atoms with Crippen LogP contribution < -0.4 is 24.3 Å². The van der Waals surface area contributed by atoms with Gasteiger partial charge in [0.2, 0.25) is 6.79 Å². The van der Waals surface area contributed by atoms with Gasteiger partial charge in [-0.2, -0.15) is 5.10 Å². The average Bonchev–Trinajstić information content (AvgIpc) is 3.33. The average molecular weight is 409 g/mol. The minimum atomic E-state index is -0.718. The molecule has 2 heterocycles. The standard InChI is InChI=1S/C22H23N3O5/c1-13-20(15-5-7-16(27-4)8-6-15)24-25(3)21(13)23-22(26)14(2)30-17-9-10-18-19(11-17)29-12-28-18/h5-11,14H,12H2,1-4H3,(H,23,26). The number of hydrogen-bond donors (Lipinski definition) is 1. The molecule has 0 fully saturated rings. The van der Waals surface area contributed by atoms with Crippen LogP contribution >= 0.6 is 0 Å². The van der Waals surface area contributed by atoms with E-state index in [0.29, 0.717) is 23.1 Å². The first kappa shape index (κ1) is 19.6. The van der Waals surface area contributed by atoms with Crippen molar-refractivity contribution in [1.82, 2.24) is 9.78 Å².